The third kappa shape index (κ3) is 7.55. The van der Waals surface area contributed by atoms with Gasteiger partial charge in [-0.2, -0.15) is 0 Å². The third-order valence-corrected chi connectivity index (χ3v) is 3.71. The van der Waals surface area contributed by atoms with Gasteiger partial charge in [-0.1, -0.05) is 6.92 Å². The minimum Gasteiger partial charge on any atom is -0.389 e. The number of ether oxygens (including phenoxy) is 2. The molecule has 0 aromatic heterocycles. The standard InChI is InChI=1S/C15H32N2O3/c1-4-7-16-14-5-8-17(9-6-14)10-15(18)12-20-13(2)11-19-3/h13-16,18H,4-12H2,1-3H3. The van der Waals surface area contributed by atoms with Gasteiger partial charge >= 0.3 is 0 Å². The molecule has 1 fully saturated rings. The molecular formula is C15H32N2O3. The predicted molar refractivity (Wildman–Crippen MR) is 81.1 cm³/mol. The lowest BCUT2D eigenvalue weighted by Gasteiger charge is -2.33. The number of nitrogens with zero attached hydrogens (tertiary/aromatic N) is 1. The van der Waals surface area contributed by atoms with Gasteiger partial charge in [-0.05, 0) is 45.8 Å². The molecule has 0 spiro atoms. The van der Waals surface area contributed by atoms with Crippen molar-refractivity contribution < 1.29 is 14.6 Å². The van der Waals surface area contributed by atoms with E-state index in [1.54, 1.807) is 7.11 Å². The first-order valence-corrected chi connectivity index (χ1v) is 7.90. The number of hydrogen-bond acceptors (Lipinski definition) is 5. The normalized spacial score (nSPS) is 21.0. The van der Waals surface area contributed by atoms with Gasteiger partial charge in [0.1, 0.15) is 0 Å². The van der Waals surface area contributed by atoms with Crippen LogP contribution in [0.4, 0.5) is 0 Å². The Balaban J connectivity index is 2.10. The molecule has 5 heteroatoms. The number of methoxy groups -OCH3 is 1. The zero-order valence-electron chi connectivity index (χ0n) is 13.3. The first-order chi connectivity index (χ1) is 9.65. The van der Waals surface area contributed by atoms with Crippen molar-refractivity contribution in [3.8, 4) is 0 Å². The van der Waals surface area contributed by atoms with Crippen LogP contribution in [0.3, 0.4) is 0 Å². The SMILES string of the molecule is CCCNC1CCN(CC(O)COC(C)COC)CC1. The molecule has 1 aliphatic heterocycles. The molecule has 0 aliphatic carbocycles. The zero-order valence-corrected chi connectivity index (χ0v) is 13.3. The van der Waals surface area contributed by atoms with Gasteiger partial charge in [0, 0.05) is 19.7 Å². The lowest BCUT2D eigenvalue weighted by atomic mass is 10.0. The topological polar surface area (TPSA) is 54.0 Å². The molecule has 0 saturated carbocycles. The number of rotatable bonds is 10. The summed E-state index contributed by atoms with van der Waals surface area (Å²) >= 11 is 0. The number of likely N-dealkylation sites (tertiary alicyclic amines) is 1. The average molecular weight is 288 g/mol. The highest BCUT2D eigenvalue weighted by Crippen LogP contribution is 2.11. The molecule has 2 N–H and O–H groups in total. The average Bonchev–Trinajstić information content (AvgIpc) is 2.45. The van der Waals surface area contributed by atoms with E-state index in [2.05, 4.69) is 17.1 Å². The van der Waals surface area contributed by atoms with Crippen molar-refractivity contribution in [2.45, 2.75) is 51.4 Å². The van der Waals surface area contributed by atoms with E-state index in [0.29, 0.717) is 25.8 Å². The van der Waals surface area contributed by atoms with E-state index in [-0.39, 0.29) is 6.10 Å². The van der Waals surface area contributed by atoms with Crippen LogP contribution < -0.4 is 5.32 Å². The van der Waals surface area contributed by atoms with Crippen LogP contribution in [0.15, 0.2) is 0 Å². The number of aliphatic hydroxyl groups excluding tert-OH is 1. The quantitative estimate of drug-likeness (QED) is 0.624. The Morgan fingerprint density at radius 1 is 1.30 bits per heavy atom. The van der Waals surface area contributed by atoms with Crippen molar-refractivity contribution in [1.82, 2.24) is 10.2 Å². The summed E-state index contributed by atoms with van der Waals surface area (Å²) in [5, 5.41) is 13.6. The van der Waals surface area contributed by atoms with Crippen molar-refractivity contribution in [3.63, 3.8) is 0 Å². The summed E-state index contributed by atoms with van der Waals surface area (Å²) in [6, 6.07) is 0.654. The Labute approximate surface area is 123 Å². The van der Waals surface area contributed by atoms with Gasteiger partial charge in [0.25, 0.3) is 0 Å². The van der Waals surface area contributed by atoms with Crippen molar-refractivity contribution in [2.75, 3.05) is 46.5 Å². The molecule has 1 aliphatic rings. The molecule has 1 heterocycles. The number of nitrogens with one attached hydrogen (secondary N) is 1. The van der Waals surface area contributed by atoms with Gasteiger partial charge in [0.2, 0.25) is 0 Å². The van der Waals surface area contributed by atoms with Gasteiger partial charge in [-0.25, -0.2) is 0 Å². The van der Waals surface area contributed by atoms with E-state index in [1.165, 1.54) is 19.3 Å². The lowest BCUT2D eigenvalue weighted by Crippen LogP contribution is -2.45. The monoisotopic (exact) mass is 288 g/mol. The summed E-state index contributed by atoms with van der Waals surface area (Å²) in [5.41, 5.74) is 0. The molecule has 1 saturated heterocycles. The van der Waals surface area contributed by atoms with Gasteiger partial charge in [0.05, 0.1) is 25.4 Å². The van der Waals surface area contributed by atoms with Crippen LogP contribution >= 0.6 is 0 Å². The van der Waals surface area contributed by atoms with E-state index >= 15 is 0 Å². The zero-order chi connectivity index (χ0) is 14.8. The van der Waals surface area contributed by atoms with Gasteiger partial charge in [-0.3, -0.25) is 0 Å². The summed E-state index contributed by atoms with van der Waals surface area (Å²) < 4.78 is 10.6. The largest absolute Gasteiger partial charge is 0.389 e. The smallest absolute Gasteiger partial charge is 0.0900 e. The Hall–Kier alpha value is -0.200. The number of hydrogen-bond donors (Lipinski definition) is 2. The van der Waals surface area contributed by atoms with Gasteiger partial charge in [-0.15, -0.1) is 0 Å². The molecule has 2 atom stereocenters. The van der Waals surface area contributed by atoms with Crippen molar-refractivity contribution in [3.05, 3.63) is 0 Å². The Bertz CT molecular complexity index is 233. The van der Waals surface area contributed by atoms with Crippen molar-refractivity contribution in [1.29, 1.82) is 0 Å². The molecule has 0 amide bonds. The highest BCUT2D eigenvalue weighted by Gasteiger charge is 2.20. The molecule has 20 heavy (non-hydrogen) atoms. The maximum atomic E-state index is 10.0. The van der Waals surface area contributed by atoms with Crippen LogP contribution in [0.1, 0.15) is 33.1 Å². The first-order valence-electron chi connectivity index (χ1n) is 7.90. The van der Waals surface area contributed by atoms with Gasteiger partial charge in [0.15, 0.2) is 0 Å². The predicted octanol–water partition coefficient (Wildman–Crippen LogP) is 0.863. The number of β-amino-alcohol motifs (C(OH)–C–C–N with tert-alkyl or cyclic N) is 1. The molecule has 0 aromatic carbocycles. The summed E-state index contributed by atoms with van der Waals surface area (Å²) in [5.74, 6) is 0. The minimum atomic E-state index is -0.408. The van der Waals surface area contributed by atoms with Crippen molar-refractivity contribution >= 4 is 0 Å². The summed E-state index contributed by atoms with van der Waals surface area (Å²) in [6.07, 6.45) is 3.17. The summed E-state index contributed by atoms with van der Waals surface area (Å²) in [4.78, 5) is 2.33. The Morgan fingerprint density at radius 2 is 2.00 bits per heavy atom. The van der Waals surface area contributed by atoms with E-state index in [1.807, 2.05) is 6.92 Å². The number of piperidine rings is 1. The van der Waals surface area contributed by atoms with Crippen LogP contribution in [0, 0.1) is 0 Å². The maximum absolute atomic E-state index is 10.0. The van der Waals surface area contributed by atoms with E-state index < -0.39 is 6.10 Å². The molecule has 2 unspecified atom stereocenters. The molecule has 0 aromatic rings. The fraction of sp³-hybridized carbons (Fsp3) is 1.00. The van der Waals surface area contributed by atoms with Crippen LogP contribution in [0.2, 0.25) is 0 Å². The highest BCUT2D eigenvalue weighted by molar-refractivity contribution is 4.78. The molecule has 0 radical (unpaired) electrons. The first kappa shape index (κ1) is 17.9. The molecule has 1 rings (SSSR count). The minimum absolute atomic E-state index is 0.0404. The second kappa shape index (κ2) is 10.5. The second-order valence-corrected chi connectivity index (χ2v) is 5.78. The van der Waals surface area contributed by atoms with Crippen LogP contribution in [0.25, 0.3) is 0 Å². The molecule has 0 bridgehead atoms. The maximum Gasteiger partial charge on any atom is 0.0900 e. The van der Waals surface area contributed by atoms with E-state index in [9.17, 15) is 5.11 Å². The Morgan fingerprint density at radius 3 is 2.60 bits per heavy atom. The van der Waals surface area contributed by atoms with Gasteiger partial charge < -0.3 is 24.8 Å². The van der Waals surface area contributed by atoms with Crippen LogP contribution in [-0.4, -0.2) is 74.8 Å². The summed E-state index contributed by atoms with van der Waals surface area (Å²) in [6.45, 7) is 9.06. The van der Waals surface area contributed by atoms with Crippen LogP contribution in [0.5, 0.6) is 0 Å². The fourth-order valence-corrected chi connectivity index (χ4v) is 2.58. The lowest BCUT2D eigenvalue weighted by molar-refractivity contribution is -0.0412. The Kier molecular flexibility index (Phi) is 9.39. The summed E-state index contributed by atoms with van der Waals surface area (Å²) in [7, 11) is 1.66. The molecule has 120 valence electrons. The highest BCUT2D eigenvalue weighted by atomic mass is 16.5. The third-order valence-electron chi connectivity index (χ3n) is 3.71. The second-order valence-electron chi connectivity index (χ2n) is 5.78. The fourth-order valence-electron chi connectivity index (χ4n) is 2.58. The number of aliphatic hydroxyl groups is 1. The van der Waals surface area contributed by atoms with Crippen molar-refractivity contribution in [2.24, 2.45) is 0 Å². The molecular weight excluding hydrogens is 256 g/mol. The molecule has 5 nitrogen and oxygen atoms in total. The van der Waals surface area contributed by atoms with E-state index in [4.69, 9.17) is 9.47 Å². The van der Waals surface area contributed by atoms with E-state index in [0.717, 1.165) is 19.6 Å². The van der Waals surface area contributed by atoms with Crippen LogP contribution in [-0.2, 0) is 9.47 Å².